The number of ether oxygens (including phenoxy) is 5. The van der Waals surface area contributed by atoms with E-state index in [1.807, 2.05) is 85.8 Å². The number of nitrogens with zero attached hydrogens (tertiary/aromatic N) is 3. The predicted molar refractivity (Wildman–Crippen MR) is 210 cm³/mol. The smallest absolute Gasteiger partial charge is 0.326 e. The highest BCUT2D eigenvalue weighted by molar-refractivity contribution is 7.44. The van der Waals surface area contributed by atoms with Crippen LogP contribution in [-0.4, -0.2) is 97.7 Å². The summed E-state index contributed by atoms with van der Waals surface area (Å²) >= 11 is 0. The lowest BCUT2D eigenvalue weighted by atomic mass is 9.79. The van der Waals surface area contributed by atoms with Crippen molar-refractivity contribution in [3.8, 4) is 17.6 Å². The Morgan fingerprint density at radius 2 is 1.50 bits per heavy atom. The molecule has 300 valence electrons. The predicted octanol–water partition coefficient (Wildman–Crippen LogP) is 6.74. The van der Waals surface area contributed by atoms with Crippen LogP contribution in [0.25, 0.3) is 0 Å². The van der Waals surface area contributed by atoms with E-state index in [4.69, 9.17) is 32.7 Å². The number of rotatable bonds is 17. The Morgan fingerprint density at radius 3 is 2.04 bits per heavy atom. The lowest BCUT2D eigenvalue weighted by Crippen LogP contribution is -2.61. The zero-order chi connectivity index (χ0) is 40.2. The molecular formula is C42H53N4O9P. The van der Waals surface area contributed by atoms with Gasteiger partial charge in [-0.1, -0.05) is 61.5 Å². The number of hydrogen-bond donors (Lipinski definition) is 1. The van der Waals surface area contributed by atoms with Crippen molar-refractivity contribution in [1.29, 1.82) is 5.26 Å². The molecule has 3 aliphatic heterocycles. The Balaban J connectivity index is 1.49. The summed E-state index contributed by atoms with van der Waals surface area (Å²) < 4.78 is 48.0. The second kappa shape index (κ2) is 17.6. The van der Waals surface area contributed by atoms with Gasteiger partial charge in [-0.2, -0.15) is 5.26 Å². The highest BCUT2D eigenvalue weighted by atomic mass is 31.2. The Hall–Kier alpha value is -4.12. The maximum atomic E-state index is 13.5. The Morgan fingerprint density at radius 1 is 0.929 bits per heavy atom. The summed E-state index contributed by atoms with van der Waals surface area (Å²) in [6.45, 7) is 12.2. The van der Waals surface area contributed by atoms with Crippen LogP contribution in [0.15, 0.2) is 78.9 Å². The summed E-state index contributed by atoms with van der Waals surface area (Å²) in [6.07, 6.45) is -2.85. The first-order valence-corrected chi connectivity index (χ1v) is 20.2. The van der Waals surface area contributed by atoms with Crippen molar-refractivity contribution < 1.29 is 42.3 Å². The highest BCUT2D eigenvalue weighted by Gasteiger charge is 2.69. The van der Waals surface area contributed by atoms with Gasteiger partial charge in [0, 0.05) is 18.6 Å². The number of amides is 3. The van der Waals surface area contributed by atoms with Gasteiger partial charge in [-0.15, -0.1) is 0 Å². The molecule has 1 N–H and O–H groups in total. The van der Waals surface area contributed by atoms with Crippen LogP contribution in [0, 0.1) is 17.2 Å². The minimum Gasteiger partial charge on any atom is -0.497 e. The third kappa shape index (κ3) is 7.89. The van der Waals surface area contributed by atoms with Gasteiger partial charge in [0.25, 0.3) is 8.53 Å². The number of imide groups is 1. The normalized spacial score (nSPS) is 25.5. The molecule has 13 nitrogen and oxygen atoms in total. The summed E-state index contributed by atoms with van der Waals surface area (Å²) in [5, 5.41) is 11.9. The van der Waals surface area contributed by atoms with E-state index < -0.39 is 56.2 Å². The van der Waals surface area contributed by atoms with Crippen LogP contribution < -0.4 is 14.8 Å². The number of nitriles is 1. The number of urea groups is 1. The van der Waals surface area contributed by atoms with E-state index >= 15 is 0 Å². The lowest BCUT2D eigenvalue weighted by Gasteiger charge is -2.44. The van der Waals surface area contributed by atoms with Crippen LogP contribution in [0.2, 0.25) is 0 Å². The lowest BCUT2D eigenvalue weighted by molar-refractivity contribution is -0.238. The third-order valence-corrected chi connectivity index (χ3v) is 12.8. The first-order chi connectivity index (χ1) is 26.9. The molecule has 3 aromatic carbocycles. The van der Waals surface area contributed by atoms with Gasteiger partial charge < -0.3 is 32.7 Å². The molecule has 56 heavy (non-hydrogen) atoms. The first kappa shape index (κ1) is 41.5. The largest absolute Gasteiger partial charge is 0.497 e. The molecule has 3 amide bonds. The van der Waals surface area contributed by atoms with E-state index in [2.05, 4.69) is 43.8 Å². The highest BCUT2D eigenvalue weighted by Crippen LogP contribution is 2.56. The van der Waals surface area contributed by atoms with Crippen LogP contribution >= 0.6 is 8.53 Å². The first-order valence-electron chi connectivity index (χ1n) is 19.1. The number of hydrogen-bond acceptors (Lipinski definition) is 11. The van der Waals surface area contributed by atoms with Gasteiger partial charge in [0.15, 0.2) is 6.23 Å². The van der Waals surface area contributed by atoms with Gasteiger partial charge >= 0.3 is 6.03 Å². The fraction of sp³-hybridized carbons (Fsp3) is 0.500. The summed E-state index contributed by atoms with van der Waals surface area (Å²) in [4.78, 5) is 27.5. The van der Waals surface area contributed by atoms with Gasteiger partial charge in [0.1, 0.15) is 34.9 Å². The van der Waals surface area contributed by atoms with Gasteiger partial charge in [-0.05, 0) is 75.6 Å². The minimum absolute atomic E-state index is 0.0279. The van der Waals surface area contributed by atoms with E-state index in [1.165, 1.54) is 4.90 Å². The standard InChI is InChI=1S/C42H53N4O9P/c1-27(2)46(28(3)4)56(52-24-12-23-43)55-37-36-39(45-25-29(5)38(47)44-40(45)48)54-41(37,30(6)53-36)26-51-42(31-13-10-9-11-14-31,32-15-19-34(49-7)20-16-32)33-17-21-35(50-8)22-18-33/h9-11,13-22,27-30,36-37,39H,12,24-26H2,1-8H3,(H,44,47,48)/t29?,30-,36+,37-,39+,41-,56?/m0/s1. The Labute approximate surface area is 331 Å². The van der Waals surface area contributed by atoms with Gasteiger partial charge in [-0.3, -0.25) is 15.0 Å². The van der Waals surface area contributed by atoms with Crippen molar-refractivity contribution >= 4 is 20.5 Å². The molecule has 0 spiro atoms. The summed E-state index contributed by atoms with van der Waals surface area (Å²) in [6, 6.07) is 27.2. The van der Waals surface area contributed by atoms with Crippen molar-refractivity contribution in [3.05, 3.63) is 95.6 Å². The van der Waals surface area contributed by atoms with Crippen LogP contribution in [0.4, 0.5) is 4.79 Å². The van der Waals surface area contributed by atoms with E-state index in [9.17, 15) is 14.9 Å². The molecule has 0 saturated carbocycles. The third-order valence-electron chi connectivity index (χ3n) is 10.7. The molecule has 3 fully saturated rings. The number of benzene rings is 3. The van der Waals surface area contributed by atoms with Gasteiger partial charge in [0.2, 0.25) is 5.91 Å². The molecule has 0 aromatic heterocycles. The molecule has 3 heterocycles. The fourth-order valence-electron chi connectivity index (χ4n) is 7.89. The zero-order valence-electron chi connectivity index (χ0n) is 33.3. The molecule has 2 bridgehead atoms. The summed E-state index contributed by atoms with van der Waals surface area (Å²) in [5.41, 5.74) is 0.0432. The van der Waals surface area contributed by atoms with Crippen molar-refractivity contribution in [2.75, 3.05) is 34.0 Å². The maximum Gasteiger partial charge on any atom is 0.326 e. The molecule has 3 saturated heterocycles. The van der Waals surface area contributed by atoms with Crippen molar-refractivity contribution in [2.45, 2.75) is 95.8 Å². The number of carbonyl (C=O) groups is 2. The van der Waals surface area contributed by atoms with Crippen LogP contribution in [0.3, 0.4) is 0 Å². The number of fused-ring (bicyclic) bond motifs is 2. The molecule has 6 rings (SSSR count). The molecular weight excluding hydrogens is 735 g/mol. The van der Waals surface area contributed by atoms with Crippen LogP contribution in [-0.2, 0) is 33.7 Å². The fourth-order valence-corrected chi connectivity index (χ4v) is 9.69. The molecule has 0 aliphatic carbocycles. The Kier molecular flexibility index (Phi) is 13.0. The number of methoxy groups -OCH3 is 2. The van der Waals surface area contributed by atoms with E-state index in [-0.39, 0.29) is 44.2 Å². The van der Waals surface area contributed by atoms with E-state index in [0.29, 0.717) is 11.5 Å². The van der Waals surface area contributed by atoms with E-state index in [0.717, 1.165) is 16.7 Å². The average Bonchev–Trinajstić information content (AvgIpc) is 3.63. The molecule has 3 aliphatic rings. The van der Waals surface area contributed by atoms with Crippen molar-refractivity contribution in [2.24, 2.45) is 5.92 Å². The Bertz CT molecular complexity index is 1790. The summed E-state index contributed by atoms with van der Waals surface area (Å²) in [5.74, 6) is 0.564. The van der Waals surface area contributed by atoms with E-state index in [1.54, 1.807) is 21.1 Å². The monoisotopic (exact) mass is 788 g/mol. The second-order valence-corrected chi connectivity index (χ2v) is 16.3. The van der Waals surface area contributed by atoms with Crippen LogP contribution in [0.5, 0.6) is 11.5 Å². The number of nitrogens with one attached hydrogen (secondary N) is 1. The molecule has 7 atom stereocenters. The molecule has 0 radical (unpaired) electrons. The zero-order valence-corrected chi connectivity index (χ0v) is 34.2. The number of carbonyl (C=O) groups excluding carboxylic acids is 2. The maximum absolute atomic E-state index is 13.5. The molecule has 14 heteroatoms. The quantitative estimate of drug-likeness (QED) is 0.0883. The SMILES string of the molecule is COc1ccc(C(OC[C@]23O[C@@H](N4CC(C)C(=O)NC4=O)[C@H](O[C@H]2C)[C@@H]3OP(OCCC#N)N(C(C)C)C(C)C)(c2ccccc2)c2ccc(OC)cc2)cc1. The molecule has 2 unspecified atom stereocenters. The summed E-state index contributed by atoms with van der Waals surface area (Å²) in [7, 11) is 1.49. The van der Waals surface area contributed by atoms with Gasteiger partial charge in [0.05, 0.1) is 51.9 Å². The average molecular weight is 789 g/mol. The van der Waals surface area contributed by atoms with Crippen molar-refractivity contribution in [1.82, 2.24) is 14.9 Å². The minimum atomic E-state index is -1.77. The second-order valence-electron chi connectivity index (χ2n) is 14.9. The topological polar surface area (TPSA) is 141 Å². The molecule has 3 aromatic rings. The van der Waals surface area contributed by atoms with Gasteiger partial charge in [-0.25, -0.2) is 9.46 Å². The van der Waals surface area contributed by atoms with Crippen LogP contribution in [0.1, 0.15) is 64.7 Å². The van der Waals surface area contributed by atoms with Crippen molar-refractivity contribution in [3.63, 3.8) is 0 Å².